The number of phenolic OH excluding ortho intramolecular Hbond substituents is 1. The SMILES string of the molecule is O=C(c1ccc(O)cc1F)N1CCN(CC(F)(F)F)CC1. The summed E-state index contributed by atoms with van der Waals surface area (Å²) in [6.07, 6.45) is -4.27. The van der Waals surface area contributed by atoms with Gasteiger partial charge >= 0.3 is 6.18 Å². The molecule has 1 fully saturated rings. The van der Waals surface area contributed by atoms with Gasteiger partial charge in [0.25, 0.3) is 5.91 Å². The number of hydrogen-bond acceptors (Lipinski definition) is 3. The first-order chi connectivity index (χ1) is 9.76. The number of hydrogen-bond donors (Lipinski definition) is 1. The third-order valence-electron chi connectivity index (χ3n) is 3.25. The molecule has 0 aromatic heterocycles. The van der Waals surface area contributed by atoms with E-state index < -0.39 is 24.4 Å². The number of carbonyl (C=O) groups excluding carboxylic acids is 1. The zero-order chi connectivity index (χ0) is 15.6. The van der Waals surface area contributed by atoms with Crippen LogP contribution in [0.4, 0.5) is 17.6 Å². The molecule has 1 amide bonds. The van der Waals surface area contributed by atoms with Crippen LogP contribution in [0.25, 0.3) is 0 Å². The minimum absolute atomic E-state index is 0.0882. The molecule has 1 saturated heterocycles. The van der Waals surface area contributed by atoms with Gasteiger partial charge < -0.3 is 10.0 Å². The molecule has 4 nitrogen and oxygen atoms in total. The summed E-state index contributed by atoms with van der Waals surface area (Å²) in [6, 6.07) is 3.18. The van der Waals surface area contributed by atoms with Gasteiger partial charge in [0.1, 0.15) is 11.6 Å². The Kier molecular flexibility index (Phi) is 4.36. The summed E-state index contributed by atoms with van der Waals surface area (Å²) < 4.78 is 50.4. The van der Waals surface area contributed by atoms with E-state index in [1.54, 1.807) is 0 Å². The van der Waals surface area contributed by atoms with E-state index in [-0.39, 0.29) is 37.5 Å². The molecule has 2 rings (SSSR count). The number of piperazine rings is 1. The summed E-state index contributed by atoms with van der Waals surface area (Å²) in [5.74, 6) is -1.73. The average molecular weight is 306 g/mol. The molecule has 1 aliphatic rings. The summed E-state index contributed by atoms with van der Waals surface area (Å²) in [6.45, 7) is -0.622. The molecule has 1 heterocycles. The summed E-state index contributed by atoms with van der Waals surface area (Å²) in [5.41, 5.74) is -0.197. The average Bonchev–Trinajstić information content (AvgIpc) is 2.37. The van der Waals surface area contributed by atoms with E-state index in [1.807, 2.05) is 0 Å². The topological polar surface area (TPSA) is 43.8 Å². The smallest absolute Gasteiger partial charge is 0.401 e. The molecule has 21 heavy (non-hydrogen) atoms. The largest absolute Gasteiger partial charge is 0.508 e. The summed E-state index contributed by atoms with van der Waals surface area (Å²) in [7, 11) is 0. The summed E-state index contributed by atoms with van der Waals surface area (Å²) >= 11 is 0. The highest BCUT2D eigenvalue weighted by Gasteiger charge is 2.33. The van der Waals surface area contributed by atoms with Crippen LogP contribution in [0.3, 0.4) is 0 Å². The van der Waals surface area contributed by atoms with Gasteiger partial charge in [-0.3, -0.25) is 9.69 Å². The lowest BCUT2D eigenvalue weighted by molar-refractivity contribution is -0.148. The second kappa shape index (κ2) is 5.88. The first-order valence-corrected chi connectivity index (χ1v) is 6.33. The lowest BCUT2D eigenvalue weighted by atomic mass is 10.1. The van der Waals surface area contributed by atoms with Crippen LogP contribution in [-0.4, -0.2) is 59.7 Å². The zero-order valence-corrected chi connectivity index (χ0v) is 11.0. The van der Waals surface area contributed by atoms with Crippen molar-refractivity contribution in [2.24, 2.45) is 0 Å². The summed E-state index contributed by atoms with van der Waals surface area (Å²) in [4.78, 5) is 14.6. The van der Waals surface area contributed by atoms with Gasteiger partial charge in [0.15, 0.2) is 0 Å². The van der Waals surface area contributed by atoms with Gasteiger partial charge in [0, 0.05) is 32.2 Å². The maximum atomic E-state index is 13.6. The van der Waals surface area contributed by atoms with Crippen LogP contribution < -0.4 is 0 Å². The molecular weight excluding hydrogens is 292 g/mol. The molecule has 0 radical (unpaired) electrons. The van der Waals surface area contributed by atoms with Crippen LogP contribution in [0.5, 0.6) is 5.75 Å². The van der Waals surface area contributed by atoms with E-state index in [2.05, 4.69) is 0 Å². The second-order valence-corrected chi connectivity index (χ2v) is 4.85. The molecule has 1 aliphatic heterocycles. The maximum absolute atomic E-state index is 13.6. The van der Waals surface area contributed by atoms with Crippen molar-refractivity contribution >= 4 is 5.91 Å². The van der Waals surface area contributed by atoms with E-state index >= 15 is 0 Å². The van der Waals surface area contributed by atoms with Crippen LogP contribution in [-0.2, 0) is 0 Å². The number of rotatable bonds is 2. The molecule has 0 aliphatic carbocycles. The number of nitrogens with zero attached hydrogens (tertiary/aromatic N) is 2. The Morgan fingerprint density at radius 3 is 2.33 bits per heavy atom. The Morgan fingerprint density at radius 2 is 1.81 bits per heavy atom. The maximum Gasteiger partial charge on any atom is 0.401 e. The van der Waals surface area contributed by atoms with Crippen LogP contribution in [0.1, 0.15) is 10.4 Å². The summed E-state index contributed by atoms with van der Waals surface area (Å²) in [5, 5.41) is 9.09. The molecule has 1 N–H and O–H groups in total. The zero-order valence-electron chi connectivity index (χ0n) is 11.0. The van der Waals surface area contributed by atoms with Crippen molar-refractivity contribution in [3.8, 4) is 5.75 Å². The quantitative estimate of drug-likeness (QED) is 0.848. The Labute approximate surface area is 118 Å². The number of phenols is 1. The van der Waals surface area contributed by atoms with Gasteiger partial charge in [-0.2, -0.15) is 13.2 Å². The van der Waals surface area contributed by atoms with E-state index in [9.17, 15) is 22.4 Å². The lowest BCUT2D eigenvalue weighted by Gasteiger charge is -2.35. The standard InChI is InChI=1S/C13H14F4N2O2/c14-11-7-9(20)1-2-10(11)12(21)19-5-3-18(4-6-19)8-13(15,16)17/h1-2,7,20H,3-6,8H2. The van der Waals surface area contributed by atoms with Crippen LogP contribution >= 0.6 is 0 Å². The predicted molar refractivity (Wildman–Crippen MR) is 66.5 cm³/mol. The van der Waals surface area contributed by atoms with Gasteiger partial charge in [0.05, 0.1) is 12.1 Å². The first kappa shape index (κ1) is 15.6. The van der Waals surface area contributed by atoms with E-state index in [4.69, 9.17) is 5.11 Å². The third kappa shape index (κ3) is 4.07. The third-order valence-corrected chi connectivity index (χ3v) is 3.25. The number of halogens is 4. The van der Waals surface area contributed by atoms with Crippen molar-refractivity contribution in [2.45, 2.75) is 6.18 Å². The van der Waals surface area contributed by atoms with E-state index in [0.29, 0.717) is 0 Å². The lowest BCUT2D eigenvalue weighted by Crippen LogP contribution is -2.51. The monoisotopic (exact) mass is 306 g/mol. The van der Waals surface area contributed by atoms with Crippen molar-refractivity contribution in [3.05, 3.63) is 29.6 Å². The molecule has 116 valence electrons. The van der Waals surface area contributed by atoms with Crippen molar-refractivity contribution in [3.63, 3.8) is 0 Å². The van der Waals surface area contributed by atoms with Gasteiger partial charge in [0.2, 0.25) is 0 Å². The van der Waals surface area contributed by atoms with Gasteiger partial charge in [-0.15, -0.1) is 0 Å². The molecule has 1 aromatic carbocycles. The number of amides is 1. The minimum atomic E-state index is -4.27. The van der Waals surface area contributed by atoms with Crippen LogP contribution in [0, 0.1) is 5.82 Å². The highest BCUT2D eigenvalue weighted by Crippen LogP contribution is 2.20. The molecule has 8 heteroatoms. The Morgan fingerprint density at radius 1 is 1.19 bits per heavy atom. The van der Waals surface area contributed by atoms with Crippen LogP contribution in [0.2, 0.25) is 0 Å². The number of aromatic hydroxyl groups is 1. The number of carbonyl (C=O) groups is 1. The van der Waals surface area contributed by atoms with Gasteiger partial charge in [-0.25, -0.2) is 4.39 Å². The highest BCUT2D eigenvalue weighted by molar-refractivity contribution is 5.94. The molecule has 1 aromatic rings. The van der Waals surface area contributed by atoms with Gasteiger partial charge in [-0.1, -0.05) is 0 Å². The van der Waals surface area contributed by atoms with Crippen molar-refractivity contribution in [1.29, 1.82) is 0 Å². The minimum Gasteiger partial charge on any atom is -0.508 e. The van der Waals surface area contributed by atoms with Crippen molar-refractivity contribution < 1.29 is 27.5 Å². The first-order valence-electron chi connectivity index (χ1n) is 6.33. The fourth-order valence-electron chi connectivity index (χ4n) is 2.21. The van der Waals surface area contributed by atoms with Crippen molar-refractivity contribution in [1.82, 2.24) is 9.80 Å². The Balaban J connectivity index is 1.97. The van der Waals surface area contributed by atoms with Gasteiger partial charge in [-0.05, 0) is 12.1 Å². The fourth-order valence-corrected chi connectivity index (χ4v) is 2.21. The van der Waals surface area contributed by atoms with Crippen molar-refractivity contribution in [2.75, 3.05) is 32.7 Å². The number of alkyl halides is 3. The molecule has 0 spiro atoms. The molecule has 0 unspecified atom stereocenters. The van der Waals surface area contributed by atoms with E-state index in [1.165, 1.54) is 15.9 Å². The highest BCUT2D eigenvalue weighted by atomic mass is 19.4. The second-order valence-electron chi connectivity index (χ2n) is 4.85. The Hall–Kier alpha value is -1.83. The normalized spacial score (nSPS) is 17.0. The fraction of sp³-hybridized carbons (Fsp3) is 0.462. The molecule has 0 atom stereocenters. The Bertz CT molecular complexity index is 525. The molecular formula is C13H14F4N2O2. The van der Waals surface area contributed by atoms with E-state index in [0.717, 1.165) is 12.1 Å². The van der Waals surface area contributed by atoms with Crippen LogP contribution in [0.15, 0.2) is 18.2 Å². The molecule has 0 saturated carbocycles. The number of benzene rings is 1. The molecule has 0 bridgehead atoms. The predicted octanol–water partition coefficient (Wildman–Crippen LogP) is 1.85.